The van der Waals surface area contributed by atoms with E-state index in [9.17, 15) is 4.79 Å². The van der Waals surface area contributed by atoms with E-state index in [1.807, 2.05) is 11.9 Å². The van der Waals surface area contributed by atoms with Gasteiger partial charge in [0.25, 0.3) is 5.91 Å². The quantitative estimate of drug-likeness (QED) is 0.850. The molecule has 1 unspecified atom stereocenters. The van der Waals surface area contributed by atoms with E-state index in [1.54, 1.807) is 12.3 Å². The van der Waals surface area contributed by atoms with Crippen molar-refractivity contribution in [2.45, 2.75) is 12.5 Å². The molecule has 16 heavy (non-hydrogen) atoms. The SMILES string of the molecule is CNC1CCN(C(=O)c2cc(Cl)c[nH]2)C1.Cl. The maximum absolute atomic E-state index is 11.9. The molecule has 1 aromatic heterocycles. The normalized spacial score (nSPS) is 19.6. The van der Waals surface area contributed by atoms with E-state index < -0.39 is 0 Å². The third-order valence-electron chi connectivity index (χ3n) is 2.76. The Hall–Kier alpha value is -0.710. The highest BCUT2D eigenvalue weighted by Crippen LogP contribution is 2.15. The molecule has 6 heteroatoms. The summed E-state index contributed by atoms with van der Waals surface area (Å²) in [5.41, 5.74) is 0.566. The van der Waals surface area contributed by atoms with Crippen molar-refractivity contribution >= 4 is 29.9 Å². The predicted molar refractivity (Wildman–Crippen MR) is 66.4 cm³/mol. The number of H-pyrrole nitrogens is 1. The van der Waals surface area contributed by atoms with Crippen molar-refractivity contribution in [1.29, 1.82) is 0 Å². The fraction of sp³-hybridized carbons (Fsp3) is 0.500. The van der Waals surface area contributed by atoms with Crippen LogP contribution >= 0.6 is 24.0 Å². The summed E-state index contributed by atoms with van der Waals surface area (Å²) in [5.74, 6) is 0.0275. The molecule has 1 aromatic rings. The summed E-state index contributed by atoms with van der Waals surface area (Å²) in [7, 11) is 1.92. The number of nitrogens with zero attached hydrogens (tertiary/aromatic N) is 1. The van der Waals surface area contributed by atoms with E-state index >= 15 is 0 Å². The van der Waals surface area contributed by atoms with Gasteiger partial charge < -0.3 is 15.2 Å². The highest BCUT2D eigenvalue weighted by Gasteiger charge is 2.26. The lowest BCUT2D eigenvalue weighted by atomic mass is 10.3. The average Bonchev–Trinajstić information content (AvgIpc) is 2.84. The van der Waals surface area contributed by atoms with E-state index in [0.29, 0.717) is 16.8 Å². The highest BCUT2D eigenvalue weighted by molar-refractivity contribution is 6.30. The van der Waals surface area contributed by atoms with Gasteiger partial charge in [0.05, 0.1) is 5.02 Å². The second kappa shape index (κ2) is 5.57. The number of aromatic nitrogens is 1. The number of carbonyl (C=O) groups is 1. The first kappa shape index (κ1) is 13.4. The number of nitrogens with one attached hydrogen (secondary N) is 2. The van der Waals surface area contributed by atoms with Gasteiger partial charge in [-0.2, -0.15) is 0 Å². The second-order valence-electron chi connectivity index (χ2n) is 3.76. The van der Waals surface area contributed by atoms with Crippen molar-refractivity contribution in [1.82, 2.24) is 15.2 Å². The summed E-state index contributed by atoms with van der Waals surface area (Å²) < 4.78 is 0. The molecule has 2 heterocycles. The summed E-state index contributed by atoms with van der Waals surface area (Å²) in [6.45, 7) is 1.58. The zero-order valence-electron chi connectivity index (χ0n) is 9.00. The molecule has 1 fully saturated rings. The molecule has 0 radical (unpaired) electrons. The van der Waals surface area contributed by atoms with Crippen LogP contribution in [0, 0.1) is 0 Å². The number of halogens is 2. The lowest BCUT2D eigenvalue weighted by Gasteiger charge is -2.15. The maximum Gasteiger partial charge on any atom is 0.270 e. The number of likely N-dealkylation sites (tertiary alicyclic amines) is 1. The van der Waals surface area contributed by atoms with Gasteiger partial charge in [-0.1, -0.05) is 11.6 Å². The van der Waals surface area contributed by atoms with Gasteiger partial charge in [-0.15, -0.1) is 12.4 Å². The third kappa shape index (κ3) is 2.70. The smallest absolute Gasteiger partial charge is 0.270 e. The van der Waals surface area contributed by atoms with E-state index in [1.165, 1.54) is 0 Å². The first-order chi connectivity index (χ1) is 7.20. The molecule has 1 amide bonds. The predicted octanol–water partition coefficient (Wildman–Crippen LogP) is 1.52. The van der Waals surface area contributed by atoms with E-state index in [-0.39, 0.29) is 18.3 Å². The van der Waals surface area contributed by atoms with Gasteiger partial charge in [-0.3, -0.25) is 4.79 Å². The average molecular weight is 264 g/mol. The van der Waals surface area contributed by atoms with Crippen molar-refractivity contribution < 1.29 is 4.79 Å². The van der Waals surface area contributed by atoms with Gasteiger partial charge in [0, 0.05) is 25.3 Å². The van der Waals surface area contributed by atoms with Crippen molar-refractivity contribution in [2.75, 3.05) is 20.1 Å². The topological polar surface area (TPSA) is 48.1 Å². The molecule has 0 bridgehead atoms. The van der Waals surface area contributed by atoms with Crippen LogP contribution in [-0.4, -0.2) is 42.0 Å². The molecular weight excluding hydrogens is 249 g/mol. The minimum Gasteiger partial charge on any atom is -0.356 e. The molecule has 2 N–H and O–H groups in total. The molecule has 90 valence electrons. The Labute approximate surface area is 106 Å². The van der Waals surface area contributed by atoms with Crippen LogP contribution in [0.1, 0.15) is 16.9 Å². The first-order valence-electron chi connectivity index (χ1n) is 5.01. The summed E-state index contributed by atoms with van der Waals surface area (Å²) in [5, 5.41) is 3.75. The van der Waals surface area contributed by atoms with E-state index in [2.05, 4.69) is 10.3 Å². The fourth-order valence-corrected chi connectivity index (χ4v) is 2.01. The van der Waals surface area contributed by atoms with Crippen LogP contribution in [0.15, 0.2) is 12.3 Å². The summed E-state index contributed by atoms with van der Waals surface area (Å²) in [4.78, 5) is 16.6. The molecule has 0 aliphatic carbocycles. The molecule has 1 aliphatic heterocycles. The molecular formula is C10H15Cl2N3O. The van der Waals surface area contributed by atoms with Crippen LogP contribution < -0.4 is 5.32 Å². The molecule has 4 nitrogen and oxygen atoms in total. The zero-order valence-corrected chi connectivity index (χ0v) is 10.6. The lowest BCUT2D eigenvalue weighted by Crippen LogP contribution is -2.33. The van der Waals surface area contributed by atoms with Crippen molar-refractivity contribution in [3.05, 3.63) is 23.0 Å². The number of rotatable bonds is 2. The Morgan fingerprint density at radius 3 is 2.94 bits per heavy atom. The number of hydrogen-bond donors (Lipinski definition) is 2. The van der Waals surface area contributed by atoms with Gasteiger partial charge in [0.1, 0.15) is 5.69 Å². The van der Waals surface area contributed by atoms with Gasteiger partial charge >= 0.3 is 0 Å². The summed E-state index contributed by atoms with van der Waals surface area (Å²) in [6.07, 6.45) is 2.64. The molecule has 1 saturated heterocycles. The minimum atomic E-state index is 0. The number of aromatic amines is 1. The van der Waals surface area contributed by atoms with Crippen LogP contribution in [0.2, 0.25) is 5.02 Å². The Kier molecular flexibility index (Phi) is 4.65. The van der Waals surface area contributed by atoms with Crippen LogP contribution in [0.3, 0.4) is 0 Å². The maximum atomic E-state index is 11.9. The van der Waals surface area contributed by atoms with Crippen LogP contribution in [-0.2, 0) is 0 Å². The lowest BCUT2D eigenvalue weighted by molar-refractivity contribution is 0.0784. The van der Waals surface area contributed by atoms with Gasteiger partial charge in [0.2, 0.25) is 0 Å². The Morgan fingerprint density at radius 1 is 1.69 bits per heavy atom. The molecule has 0 aromatic carbocycles. The Balaban J connectivity index is 0.00000128. The number of carbonyl (C=O) groups excluding carboxylic acids is 1. The standard InChI is InChI=1S/C10H14ClN3O.ClH/c1-12-8-2-3-14(6-8)10(15)9-4-7(11)5-13-9;/h4-5,8,12-13H,2-3,6H2,1H3;1H. The number of amides is 1. The highest BCUT2D eigenvalue weighted by atomic mass is 35.5. The van der Waals surface area contributed by atoms with Gasteiger partial charge in [0.15, 0.2) is 0 Å². The largest absolute Gasteiger partial charge is 0.356 e. The van der Waals surface area contributed by atoms with Crippen LogP contribution in [0.4, 0.5) is 0 Å². The van der Waals surface area contributed by atoms with Crippen LogP contribution in [0.25, 0.3) is 0 Å². The summed E-state index contributed by atoms with van der Waals surface area (Å²) >= 11 is 5.75. The third-order valence-corrected chi connectivity index (χ3v) is 2.98. The zero-order chi connectivity index (χ0) is 10.8. The van der Waals surface area contributed by atoms with E-state index in [0.717, 1.165) is 19.5 Å². The van der Waals surface area contributed by atoms with Crippen molar-refractivity contribution in [2.24, 2.45) is 0 Å². The van der Waals surface area contributed by atoms with Crippen molar-refractivity contribution in [3.8, 4) is 0 Å². The monoisotopic (exact) mass is 263 g/mol. The van der Waals surface area contributed by atoms with E-state index in [4.69, 9.17) is 11.6 Å². The summed E-state index contributed by atoms with van der Waals surface area (Å²) in [6, 6.07) is 2.08. The van der Waals surface area contributed by atoms with Crippen molar-refractivity contribution in [3.63, 3.8) is 0 Å². The Bertz CT molecular complexity index is 367. The fourth-order valence-electron chi connectivity index (χ4n) is 1.84. The Morgan fingerprint density at radius 2 is 2.44 bits per heavy atom. The molecule has 0 saturated carbocycles. The molecule has 2 rings (SSSR count). The van der Waals surface area contributed by atoms with Gasteiger partial charge in [-0.05, 0) is 19.5 Å². The number of hydrogen-bond acceptors (Lipinski definition) is 2. The van der Waals surface area contributed by atoms with Crippen LogP contribution in [0.5, 0.6) is 0 Å². The van der Waals surface area contributed by atoms with Gasteiger partial charge in [-0.25, -0.2) is 0 Å². The molecule has 0 spiro atoms. The number of likely N-dealkylation sites (N-methyl/N-ethyl adjacent to an activating group) is 1. The minimum absolute atomic E-state index is 0. The molecule has 1 atom stereocenters. The molecule has 1 aliphatic rings. The first-order valence-corrected chi connectivity index (χ1v) is 5.39. The second-order valence-corrected chi connectivity index (χ2v) is 4.19.